The lowest BCUT2D eigenvalue weighted by Crippen LogP contribution is -2.50. The van der Waals surface area contributed by atoms with E-state index in [1.54, 1.807) is 0 Å². The van der Waals surface area contributed by atoms with E-state index in [4.69, 9.17) is 22.9 Å². The van der Waals surface area contributed by atoms with Crippen LogP contribution in [0.1, 0.15) is 51.4 Å². The van der Waals surface area contributed by atoms with Crippen molar-refractivity contribution in [1.29, 1.82) is 0 Å². The Morgan fingerprint density at radius 1 is 0.929 bits per heavy atom. The number of unbranched alkanes of at least 4 members (excludes halogenated alkanes) is 4. The summed E-state index contributed by atoms with van der Waals surface area (Å²) < 4.78 is 0. The molecule has 0 aliphatic heterocycles. The van der Waals surface area contributed by atoms with Gasteiger partial charge in [0.05, 0.1) is 6.04 Å². The molecule has 28 heavy (non-hydrogen) atoms. The van der Waals surface area contributed by atoms with Gasteiger partial charge < -0.3 is 38.7 Å². The van der Waals surface area contributed by atoms with Gasteiger partial charge in [-0.3, -0.25) is 14.6 Å². The lowest BCUT2D eigenvalue weighted by Gasteiger charge is -2.17. The number of carbonyl (C=O) groups excluding carboxylic acids is 2. The van der Waals surface area contributed by atoms with Gasteiger partial charge in [0.25, 0.3) is 5.91 Å². The number of carbonyl (C=O) groups is 2. The van der Waals surface area contributed by atoms with Crippen LogP contribution >= 0.6 is 0 Å². The summed E-state index contributed by atoms with van der Waals surface area (Å²) in [6.45, 7) is 3.40. The van der Waals surface area contributed by atoms with Crippen LogP contribution < -0.4 is 33.6 Å². The largest absolute Gasteiger partial charge is 0.381 e. The minimum Gasteiger partial charge on any atom is -0.381 e. The topological polar surface area (TPSA) is 195 Å². The van der Waals surface area contributed by atoms with E-state index in [-0.39, 0.29) is 18.2 Å². The number of hydrogen-bond donors (Lipinski definition) is 7. The van der Waals surface area contributed by atoms with Gasteiger partial charge in [0.15, 0.2) is 17.8 Å². The van der Waals surface area contributed by atoms with E-state index in [0.717, 1.165) is 51.6 Å². The second-order valence-corrected chi connectivity index (χ2v) is 6.80. The van der Waals surface area contributed by atoms with Crippen LogP contribution in [-0.4, -0.2) is 67.6 Å². The number of guanidine groups is 1. The third-order valence-electron chi connectivity index (χ3n) is 4.24. The van der Waals surface area contributed by atoms with E-state index in [9.17, 15) is 14.7 Å². The minimum atomic E-state index is -1.52. The molecule has 0 aliphatic carbocycles. The Morgan fingerprint density at radius 2 is 1.57 bits per heavy atom. The Bertz CT molecular complexity index is 456. The molecule has 2 unspecified atom stereocenters. The van der Waals surface area contributed by atoms with Gasteiger partial charge in [0, 0.05) is 19.5 Å². The van der Waals surface area contributed by atoms with Crippen molar-refractivity contribution in [3.8, 4) is 0 Å². The van der Waals surface area contributed by atoms with Gasteiger partial charge in [0.2, 0.25) is 0 Å². The Morgan fingerprint density at radius 3 is 2.25 bits per heavy atom. The van der Waals surface area contributed by atoms with Crippen LogP contribution in [-0.2, 0) is 9.59 Å². The summed E-state index contributed by atoms with van der Waals surface area (Å²) in [5.41, 5.74) is 21.6. The molecule has 0 spiro atoms. The molecule has 1 amide bonds. The van der Waals surface area contributed by atoms with Crippen LogP contribution in [0.25, 0.3) is 0 Å². The normalized spacial score (nSPS) is 13.0. The summed E-state index contributed by atoms with van der Waals surface area (Å²) in [4.78, 5) is 27.8. The number of nitrogens with one attached hydrogen (secondary N) is 2. The van der Waals surface area contributed by atoms with E-state index in [2.05, 4.69) is 15.6 Å². The zero-order chi connectivity index (χ0) is 21.2. The zero-order valence-corrected chi connectivity index (χ0v) is 16.9. The molecule has 0 heterocycles. The second kappa shape index (κ2) is 17.4. The molecule has 164 valence electrons. The number of aliphatic imine (C=N–C) groups is 1. The van der Waals surface area contributed by atoms with Crippen molar-refractivity contribution in [2.45, 2.75) is 63.5 Å². The van der Waals surface area contributed by atoms with Crippen molar-refractivity contribution >= 4 is 17.6 Å². The van der Waals surface area contributed by atoms with Crippen LogP contribution in [0.2, 0.25) is 0 Å². The highest BCUT2D eigenvalue weighted by atomic mass is 16.3. The number of nitrogens with two attached hydrogens (primary N) is 4. The summed E-state index contributed by atoms with van der Waals surface area (Å²) >= 11 is 0. The lowest BCUT2D eigenvalue weighted by molar-refractivity contribution is -0.135. The first-order valence-corrected chi connectivity index (χ1v) is 10.1. The molecular weight excluding hydrogens is 362 g/mol. The van der Waals surface area contributed by atoms with Crippen molar-refractivity contribution < 1.29 is 14.7 Å². The second-order valence-electron chi connectivity index (χ2n) is 6.80. The lowest BCUT2D eigenvalue weighted by atomic mass is 10.0. The van der Waals surface area contributed by atoms with Crippen molar-refractivity contribution in [3.63, 3.8) is 0 Å². The van der Waals surface area contributed by atoms with E-state index in [1.165, 1.54) is 0 Å². The molecular formula is C18H39N7O3. The van der Waals surface area contributed by atoms with Gasteiger partial charge in [-0.2, -0.15) is 0 Å². The van der Waals surface area contributed by atoms with Gasteiger partial charge in [-0.15, -0.1) is 0 Å². The number of amides is 1. The molecule has 0 fully saturated rings. The van der Waals surface area contributed by atoms with Crippen LogP contribution in [0.5, 0.6) is 0 Å². The predicted octanol–water partition coefficient (Wildman–Crippen LogP) is -1.70. The first-order valence-electron chi connectivity index (χ1n) is 10.1. The van der Waals surface area contributed by atoms with Crippen LogP contribution in [0, 0.1) is 0 Å². The third-order valence-corrected chi connectivity index (χ3v) is 4.24. The first kappa shape index (κ1) is 26.2. The highest BCUT2D eigenvalue weighted by Gasteiger charge is 2.27. The van der Waals surface area contributed by atoms with Gasteiger partial charge in [-0.05, 0) is 51.7 Å². The summed E-state index contributed by atoms with van der Waals surface area (Å²) in [6, 6.07) is -1.19. The molecule has 0 bridgehead atoms. The number of rotatable bonds is 18. The maximum atomic E-state index is 12.0. The monoisotopic (exact) mass is 401 g/mol. The Hall–Kier alpha value is -1.75. The number of aliphatic hydroxyl groups is 1. The third kappa shape index (κ3) is 14.3. The molecule has 0 aliphatic rings. The standard InChI is InChI=1S/C18H39N7O3/c19-9-7-11-23-10-5-6-12-24-17(28)16(27)15(20)14(26)8-3-1-2-4-13-25-18(21)22/h15-16,23,27H,1-13,19-20H2,(H,24,28)(H4,21,22,25). The zero-order valence-electron chi connectivity index (χ0n) is 16.9. The van der Waals surface area contributed by atoms with Crippen LogP contribution in [0.3, 0.4) is 0 Å². The van der Waals surface area contributed by atoms with E-state index >= 15 is 0 Å². The molecule has 2 atom stereocenters. The molecule has 0 saturated heterocycles. The van der Waals surface area contributed by atoms with Crippen molar-refractivity contribution in [3.05, 3.63) is 0 Å². The Balaban J connectivity index is 3.80. The summed E-state index contributed by atoms with van der Waals surface area (Å²) in [5.74, 6) is -0.835. The summed E-state index contributed by atoms with van der Waals surface area (Å²) in [5, 5.41) is 15.8. The molecule has 0 aromatic rings. The smallest absolute Gasteiger partial charge is 0.250 e. The van der Waals surface area contributed by atoms with Crippen molar-refractivity contribution in [2.75, 3.05) is 32.7 Å². The number of ketones is 1. The molecule has 0 rings (SSSR count). The fourth-order valence-electron chi connectivity index (χ4n) is 2.52. The van der Waals surface area contributed by atoms with Gasteiger partial charge in [0.1, 0.15) is 0 Å². The summed E-state index contributed by atoms with van der Waals surface area (Å²) in [7, 11) is 0. The van der Waals surface area contributed by atoms with Crippen LogP contribution in [0.15, 0.2) is 4.99 Å². The highest BCUT2D eigenvalue weighted by molar-refractivity contribution is 5.92. The highest BCUT2D eigenvalue weighted by Crippen LogP contribution is 2.06. The van der Waals surface area contributed by atoms with Crippen molar-refractivity contribution in [1.82, 2.24) is 10.6 Å². The molecule has 0 radical (unpaired) electrons. The maximum absolute atomic E-state index is 12.0. The fourth-order valence-corrected chi connectivity index (χ4v) is 2.52. The quantitative estimate of drug-likeness (QED) is 0.0801. The number of Topliss-reactive ketones (excluding diaryl/α,β-unsaturated/α-hetero) is 1. The Labute approximate surface area is 167 Å². The first-order chi connectivity index (χ1) is 13.4. The number of hydrogen-bond acceptors (Lipinski definition) is 7. The SMILES string of the molecule is NCCCNCCCCNC(=O)C(O)C(N)C(=O)CCCCCCN=C(N)N. The average molecular weight is 402 g/mol. The minimum absolute atomic E-state index is 0.0765. The number of nitrogens with zero attached hydrogens (tertiary/aromatic N) is 1. The summed E-state index contributed by atoms with van der Waals surface area (Å²) in [6.07, 6.45) is 4.55. The molecule has 10 heteroatoms. The number of aliphatic hydroxyl groups excluding tert-OH is 1. The van der Waals surface area contributed by atoms with Gasteiger partial charge >= 0.3 is 0 Å². The average Bonchev–Trinajstić information content (AvgIpc) is 2.67. The molecule has 11 N–H and O–H groups in total. The van der Waals surface area contributed by atoms with Crippen LogP contribution in [0.4, 0.5) is 0 Å². The maximum Gasteiger partial charge on any atom is 0.250 e. The molecule has 0 saturated carbocycles. The molecule has 0 aromatic carbocycles. The molecule has 0 aromatic heterocycles. The van der Waals surface area contributed by atoms with E-state index in [1.807, 2.05) is 0 Å². The van der Waals surface area contributed by atoms with E-state index in [0.29, 0.717) is 26.1 Å². The van der Waals surface area contributed by atoms with Gasteiger partial charge in [-0.1, -0.05) is 12.8 Å². The fraction of sp³-hybridized carbons (Fsp3) is 0.833. The Kier molecular flexibility index (Phi) is 16.3. The van der Waals surface area contributed by atoms with E-state index < -0.39 is 18.1 Å². The van der Waals surface area contributed by atoms with Crippen molar-refractivity contribution in [2.24, 2.45) is 27.9 Å². The predicted molar refractivity (Wildman–Crippen MR) is 112 cm³/mol. The molecule has 10 nitrogen and oxygen atoms in total. The van der Waals surface area contributed by atoms with Gasteiger partial charge in [-0.25, -0.2) is 0 Å².